The molecule has 186 valence electrons. The zero-order valence-corrected chi connectivity index (χ0v) is 20.9. The molecule has 0 fully saturated rings. The van der Waals surface area contributed by atoms with Crippen LogP contribution in [0.5, 0.6) is 11.5 Å². The van der Waals surface area contributed by atoms with Gasteiger partial charge in [-0.15, -0.1) is 0 Å². The van der Waals surface area contributed by atoms with Crippen LogP contribution >= 0.6 is 0 Å². The fraction of sp³-hybridized carbons (Fsp3) is 0.400. The Balaban J connectivity index is 1.87. The van der Waals surface area contributed by atoms with Gasteiger partial charge in [0.05, 0.1) is 19.8 Å². The first kappa shape index (κ1) is 25.7. The molecule has 3 rings (SSSR count). The zero-order valence-electron chi connectivity index (χ0n) is 20.9. The van der Waals surface area contributed by atoms with Gasteiger partial charge in [0.15, 0.2) is 0 Å². The molecule has 1 unspecified atom stereocenters. The number of carboxylic acids is 1. The molecule has 1 aromatic carbocycles. The van der Waals surface area contributed by atoms with Gasteiger partial charge in [0, 0.05) is 50.2 Å². The van der Waals surface area contributed by atoms with Crippen LogP contribution in [0.25, 0.3) is 11.1 Å². The molecule has 0 aliphatic rings. The van der Waals surface area contributed by atoms with Crippen molar-refractivity contribution in [3.63, 3.8) is 0 Å². The minimum absolute atomic E-state index is 0.0705. The smallest absolute Gasteiger partial charge is 0.326 e. The van der Waals surface area contributed by atoms with E-state index in [2.05, 4.69) is 39.1 Å². The quantitative estimate of drug-likeness (QED) is 0.422. The van der Waals surface area contributed by atoms with Crippen LogP contribution in [0, 0.1) is 5.92 Å². The summed E-state index contributed by atoms with van der Waals surface area (Å²) in [6.07, 6.45) is 5.81. The van der Waals surface area contributed by atoms with E-state index in [1.54, 1.807) is 37.7 Å². The second kappa shape index (κ2) is 11.5. The van der Waals surface area contributed by atoms with Crippen LogP contribution in [0.15, 0.2) is 36.8 Å². The standard InChI is InChI=1S/C25H32N6O4/c1-15(2)10-16-12-28-25(31(3)4)30-23(16)29-18(24(32)33)11-21-26-13-17(14-27-21)22-19(34-5)8-7-9-20(22)35-6/h7-9,12-15,18H,10-11H2,1-6H3,(H,32,33)(H,28,29,30). The molecule has 2 heterocycles. The second-order valence-corrected chi connectivity index (χ2v) is 8.70. The van der Waals surface area contributed by atoms with Gasteiger partial charge in [0.2, 0.25) is 5.95 Å². The van der Waals surface area contributed by atoms with Crippen molar-refractivity contribution in [2.75, 3.05) is 38.5 Å². The van der Waals surface area contributed by atoms with Crippen LogP contribution < -0.4 is 19.7 Å². The van der Waals surface area contributed by atoms with E-state index in [1.165, 1.54) is 0 Å². The van der Waals surface area contributed by atoms with Gasteiger partial charge in [-0.1, -0.05) is 19.9 Å². The molecule has 2 aromatic heterocycles. The van der Waals surface area contributed by atoms with Crippen molar-refractivity contribution < 1.29 is 19.4 Å². The lowest BCUT2D eigenvalue weighted by Gasteiger charge is -2.20. The number of benzene rings is 1. The third kappa shape index (κ3) is 6.34. The summed E-state index contributed by atoms with van der Waals surface area (Å²) in [5.41, 5.74) is 2.29. The van der Waals surface area contributed by atoms with Gasteiger partial charge in [-0.3, -0.25) is 0 Å². The molecular weight excluding hydrogens is 448 g/mol. The summed E-state index contributed by atoms with van der Waals surface area (Å²) >= 11 is 0. The average Bonchev–Trinajstić information content (AvgIpc) is 2.84. The Morgan fingerprint density at radius 3 is 2.17 bits per heavy atom. The molecule has 0 amide bonds. The van der Waals surface area contributed by atoms with E-state index >= 15 is 0 Å². The number of aliphatic carboxylic acids is 1. The number of hydrogen-bond donors (Lipinski definition) is 2. The van der Waals surface area contributed by atoms with E-state index in [4.69, 9.17) is 9.47 Å². The van der Waals surface area contributed by atoms with Crippen molar-refractivity contribution in [2.24, 2.45) is 5.92 Å². The fourth-order valence-electron chi connectivity index (χ4n) is 3.60. The summed E-state index contributed by atoms with van der Waals surface area (Å²) in [6.45, 7) is 4.18. The molecule has 0 saturated carbocycles. The largest absolute Gasteiger partial charge is 0.496 e. The van der Waals surface area contributed by atoms with Gasteiger partial charge in [0.25, 0.3) is 0 Å². The number of hydrogen-bond acceptors (Lipinski definition) is 9. The molecule has 0 aliphatic heterocycles. The minimum atomic E-state index is -1.02. The highest BCUT2D eigenvalue weighted by Gasteiger charge is 2.23. The molecule has 10 nitrogen and oxygen atoms in total. The predicted molar refractivity (Wildman–Crippen MR) is 134 cm³/mol. The predicted octanol–water partition coefficient (Wildman–Crippen LogP) is 3.32. The molecule has 1 atom stereocenters. The Labute approximate surface area is 205 Å². The Morgan fingerprint density at radius 1 is 1.03 bits per heavy atom. The van der Waals surface area contributed by atoms with Crippen molar-refractivity contribution in [1.82, 2.24) is 19.9 Å². The van der Waals surface area contributed by atoms with Crippen LogP contribution in [0.4, 0.5) is 11.8 Å². The highest BCUT2D eigenvalue weighted by Crippen LogP contribution is 2.37. The normalized spacial score (nSPS) is 11.7. The second-order valence-electron chi connectivity index (χ2n) is 8.70. The first-order valence-electron chi connectivity index (χ1n) is 11.3. The van der Waals surface area contributed by atoms with Crippen LogP contribution in [-0.2, 0) is 17.6 Å². The average molecular weight is 481 g/mol. The third-order valence-corrected chi connectivity index (χ3v) is 5.30. The van der Waals surface area contributed by atoms with Gasteiger partial charge in [-0.25, -0.2) is 19.7 Å². The SMILES string of the molecule is COc1cccc(OC)c1-c1cnc(CC(Nc2nc(N(C)C)ncc2CC(C)C)C(=O)O)nc1. The lowest BCUT2D eigenvalue weighted by atomic mass is 10.0. The maximum Gasteiger partial charge on any atom is 0.326 e. The first-order valence-corrected chi connectivity index (χ1v) is 11.3. The first-order chi connectivity index (χ1) is 16.7. The number of aromatic nitrogens is 4. The summed E-state index contributed by atoms with van der Waals surface area (Å²) in [6, 6.07) is 4.52. The van der Waals surface area contributed by atoms with E-state index in [0.717, 1.165) is 11.1 Å². The molecular formula is C25H32N6O4. The van der Waals surface area contributed by atoms with Crippen molar-refractivity contribution in [1.29, 1.82) is 0 Å². The van der Waals surface area contributed by atoms with Gasteiger partial charge in [0.1, 0.15) is 29.2 Å². The molecule has 10 heteroatoms. The molecule has 0 saturated heterocycles. The maximum atomic E-state index is 12.1. The van der Waals surface area contributed by atoms with Crippen molar-refractivity contribution in [3.8, 4) is 22.6 Å². The van der Waals surface area contributed by atoms with Gasteiger partial charge < -0.3 is 24.8 Å². The number of carboxylic acid groups (broad SMARTS) is 1. The molecule has 2 N–H and O–H groups in total. The zero-order chi connectivity index (χ0) is 25.5. The van der Waals surface area contributed by atoms with Gasteiger partial charge in [-0.2, -0.15) is 4.98 Å². The van der Waals surface area contributed by atoms with E-state index in [1.807, 2.05) is 32.3 Å². The molecule has 0 spiro atoms. The van der Waals surface area contributed by atoms with Crippen LogP contribution in [-0.4, -0.2) is 65.4 Å². The Kier molecular flexibility index (Phi) is 8.40. The molecule has 3 aromatic rings. The minimum Gasteiger partial charge on any atom is -0.496 e. The summed E-state index contributed by atoms with van der Waals surface area (Å²) in [7, 11) is 6.84. The lowest BCUT2D eigenvalue weighted by Crippen LogP contribution is -2.33. The highest BCUT2D eigenvalue weighted by molar-refractivity contribution is 5.78. The van der Waals surface area contributed by atoms with Gasteiger partial charge in [-0.05, 0) is 24.5 Å². The van der Waals surface area contributed by atoms with Crippen LogP contribution in [0.1, 0.15) is 25.2 Å². The molecule has 35 heavy (non-hydrogen) atoms. The number of nitrogens with zero attached hydrogens (tertiary/aromatic N) is 5. The van der Waals surface area contributed by atoms with E-state index in [-0.39, 0.29) is 6.42 Å². The van der Waals surface area contributed by atoms with E-state index in [9.17, 15) is 9.90 Å². The highest BCUT2D eigenvalue weighted by atomic mass is 16.5. The van der Waals surface area contributed by atoms with E-state index in [0.29, 0.717) is 47.0 Å². The Morgan fingerprint density at radius 2 is 1.66 bits per heavy atom. The molecule has 0 aliphatic carbocycles. The van der Waals surface area contributed by atoms with Crippen LogP contribution in [0.2, 0.25) is 0 Å². The van der Waals surface area contributed by atoms with Gasteiger partial charge >= 0.3 is 5.97 Å². The van der Waals surface area contributed by atoms with Crippen molar-refractivity contribution >= 4 is 17.7 Å². The Bertz CT molecular complexity index is 1130. The van der Waals surface area contributed by atoms with Crippen molar-refractivity contribution in [2.45, 2.75) is 32.7 Å². The fourth-order valence-corrected chi connectivity index (χ4v) is 3.60. The van der Waals surface area contributed by atoms with Crippen molar-refractivity contribution in [3.05, 3.63) is 48.2 Å². The topological polar surface area (TPSA) is 123 Å². The molecule has 0 bridgehead atoms. The lowest BCUT2D eigenvalue weighted by molar-refractivity contribution is -0.137. The number of rotatable bonds is 11. The molecule has 0 radical (unpaired) electrons. The third-order valence-electron chi connectivity index (χ3n) is 5.30. The summed E-state index contributed by atoms with van der Waals surface area (Å²) in [4.78, 5) is 31.7. The number of ether oxygens (including phenoxy) is 2. The number of anilines is 2. The summed E-state index contributed by atoms with van der Waals surface area (Å²) in [5, 5.41) is 13.0. The summed E-state index contributed by atoms with van der Waals surface area (Å²) < 4.78 is 10.9. The number of carbonyl (C=O) groups is 1. The summed E-state index contributed by atoms with van der Waals surface area (Å²) in [5.74, 6) is 1.97. The van der Waals surface area contributed by atoms with E-state index < -0.39 is 12.0 Å². The maximum absolute atomic E-state index is 12.1. The number of methoxy groups -OCH3 is 2. The Hall–Kier alpha value is -3.95. The monoisotopic (exact) mass is 480 g/mol. The van der Waals surface area contributed by atoms with Crippen LogP contribution in [0.3, 0.4) is 0 Å². The number of nitrogens with one attached hydrogen (secondary N) is 1.